The number of hydrogen-bond acceptors (Lipinski definition) is 6. The third-order valence-electron chi connectivity index (χ3n) is 3.90. The van der Waals surface area contributed by atoms with E-state index in [-0.39, 0.29) is 0 Å². The third-order valence-corrected chi connectivity index (χ3v) is 3.90. The Morgan fingerprint density at radius 3 is 1.37 bits per heavy atom. The van der Waals surface area contributed by atoms with Crippen LogP contribution in [-0.2, 0) is 9.47 Å². The molecule has 1 aliphatic rings. The number of nitrogens with one attached hydrogen (secondary N) is 1. The molecule has 6 heteroatoms. The summed E-state index contributed by atoms with van der Waals surface area (Å²) in [4.78, 5) is 0. The van der Waals surface area contributed by atoms with Crippen LogP contribution in [0.25, 0.3) is 0 Å². The van der Waals surface area contributed by atoms with Crippen LogP contribution in [0.5, 0.6) is 23.0 Å². The highest BCUT2D eigenvalue weighted by Crippen LogP contribution is 2.25. The summed E-state index contributed by atoms with van der Waals surface area (Å²) < 4.78 is 26.0. The van der Waals surface area contributed by atoms with Crippen LogP contribution in [0.1, 0.15) is 26.7 Å². The molecule has 1 heterocycles. The third kappa shape index (κ3) is 12.3. The van der Waals surface area contributed by atoms with Crippen molar-refractivity contribution >= 4 is 0 Å². The van der Waals surface area contributed by atoms with Crippen molar-refractivity contribution in [1.29, 1.82) is 0 Å². The van der Waals surface area contributed by atoms with Gasteiger partial charge in [-0.05, 0) is 61.4 Å². The molecule has 0 bridgehead atoms. The Balaban J connectivity index is 0.000000284. The van der Waals surface area contributed by atoms with Gasteiger partial charge in [0.1, 0.15) is 23.0 Å². The van der Waals surface area contributed by atoms with E-state index in [0.717, 1.165) is 75.4 Å². The summed E-state index contributed by atoms with van der Waals surface area (Å²) in [5.74, 6) is 3.17. The van der Waals surface area contributed by atoms with Crippen LogP contribution in [0, 0.1) is 0 Å². The second-order valence-corrected chi connectivity index (χ2v) is 6.43. The Morgan fingerprint density at radius 1 is 0.700 bits per heavy atom. The smallest absolute Gasteiger partial charge is 0.127 e. The monoisotopic (exact) mass is 419 g/mol. The zero-order valence-electron chi connectivity index (χ0n) is 18.8. The number of methoxy groups -OCH3 is 2. The lowest BCUT2D eigenvalue weighted by Gasteiger charge is -2.10. The average Bonchev–Trinajstić information content (AvgIpc) is 2.82. The SMILES string of the molecule is C1COCCN1.CCCOCCC.COc1ccc(Oc2ccc(OC)cc2)cc1. The molecule has 0 spiro atoms. The summed E-state index contributed by atoms with van der Waals surface area (Å²) in [7, 11) is 3.28. The summed E-state index contributed by atoms with van der Waals surface area (Å²) in [6.07, 6.45) is 2.28. The molecule has 0 aromatic heterocycles. The standard InChI is InChI=1S/C14H14O3.C6H14O.C4H9NO/c1-15-11-3-7-13(8-4-11)17-14-9-5-12(16-2)6-10-14;1-3-5-7-6-4-2;1-3-6-4-2-5-1/h3-10H,1-2H3;3-6H2,1-2H3;5H,1-4H2. The van der Waals surface area contributed by atoms with Crippen molar-refractivity contribution in [1.82, 2.24) is 5.32 Å². The van der Waals surface area contributed by atoms with Crippen molar-refractivity contribution < 1.29 is 23.7 Å². The Bertz CT molecular complexity index is 566. The quantitative estimate of drug-likeness (QED) is 0.613. The average molecular weight is 420 g/mol. The lowest BCUT2D eigenvalue weighted by atomic mass is 10.3. The topological polar surface area (TPSA) is 58.2 Å². The highest BCUT2D eigenvalue weighted by Gasteiger charge is 1.98. The number of ether oxygens (including phenoxy) is 5. The molecule has 1 saturated heterocycles. The van der Waals surface area contributed by atoms with Crippen molar-refractivity contribution in [3.05, 3.63) is 48.5 Å². The minimum absolute atomic E-state index is 0.774. The van der Waals surface area contributed by atoms with Crippen LogP contribution >= 0.6 is 0 Å². The number of rotatable bonds is 8. The Morgan fingerprint density at radius 2 is 1.10 bits per heavy atom. The second-order valence-electron chi connectivity index (χ2n) is 6.43. The first-order valence-corrected chi connectivity index (χ1v) is 10.6. The Labute approximate surface area is 181 Å². The summed E-state index contributed by atoms with van der Waals surface area (Å²) in [5.41, 5.74) is 0. The van der Waals surface area contributed by atoms with Gasteiger partial charge in [-0.3, -0.25) is 0 Å². The molecule has 0 radical (unpaired) electrons. The van der Waals surface area contributed by atoms with E-state index in [1.165, 1.54) is 0 Å². The molecule has 1 N–H and O–H groups in total. The number of benzene rings is 2. The molecule has 2 aromatic rings. The maximum absolute atomic E-state index is 5.67. The van der Waals surface area contributed by atoms with Gasteiger partial charge in [0.05, 0.1) is 27.4 Å². The molecule has 6 nitrogen and oxygen atoms in total. The molecule has 2 aromatic carbocycles. The predicted octanol–water partition coefficient (Wildman–Crippen LogP) is 4.93. The zero-order valence-corrected chi connectivity index (χ0v) is 18.8. The Hall–Kier alpha value is -2.28. The zero-order chi connectivity index (χ0) is 21.9. The molecule has 168 valence electrons. The molecule has 0 saturated carbocycles. The van der Waals surface area contributed by atoms with E-state index >= 15 is 0 Å². The first-order valence-electron chi connectivity index (χ1n) is 10.6. The molecular formula is C24H37NO5. The highest BCUT2D eigenvalue weighted by atomic mass is 16.5. The fourth-order valence-electron chi connectivity index (χ4n) is 2.33. The van der Waals surface area contributed by atoms with E-state index in [1.807, 2.05) is 48.5 Å². The first-order chi connectivity index (χ1) is 14.7. The van der Waals surface area contributed by atoms with Gasteiger partial charge in [0.25, 0.3) is 0 Å². The van der Waals surface area contributed by atoms with Gasteiger partial charge in [-0.15, -0.1) is 0 Å². The number of morpholine rings is 1. The maximum Gasteiger partial charge on any atom is 0.127 e. The van der Waals surface area contributed by atoms with Gasteiger partial charge in [-0.1, -0.05) is 13.8 Å². The molecule has 0 unspecified atom stereocenters. The summed E-state index contributed by atoms with van der Waals surface area (Å²) in [5, 5.41) is 3.16. The molecule has 0 amide bonds. The van der Waals surface area contributed by atoms with Crippen molar-refractivity contribution in [3.63, 3.8) is 0 Å². The molecule has 30 heavy (non-hydrogen) atoms. The van der Waals surface area contributed by atoms with Crippen LogP contribution in [-0.4, -0.2) is 53.7 Å². The van der Waals surface area contributed by atoms with Gasteiger partial charge in [-0.25, -0.2) is 0 Å². The Kier molecular flexibility index (Phi) is 15.1. The minimum Gasteiger partial charge on any atom is -0.497 e. The minimum atomic E-state index is 0.774. The first kappa shape index (κ1) is 25.8. The van der Waals surface area contributed by atoms with E-state index in [4.69, 9.17) is 23.7 Å². The van der Waals surface area contributed by atoms with Crippen molar-refractivity contribution in [2.45, 2.75) is 26.7 Å². The van der Waals surface area contributed by atoms with Gasteiger partial charge in [0, 0.05) is 26.3 Å². The van der Waals surface area contributed by atoms with Crippen LogP contribution in [0.3, 0.4) is 0 Å². The molecular weight excluding hydrogens is 382 g/mol. The lowest BCUT2D eigenvalue weighted by Crippen LogP contribution is -2.30. The van der Waals surface area contributed by atoms with Crippen molar-refractivity contribution in [3.8, 4) is 23.0 Å². The molecule has 1 fully saturated rings. The van der Waals surface area contributed by atoms with Crippen LogP contribution in [0.4, 0.5) is 0 Å². The summed E-state index contributed by atoms with van der Waals surface area (Å²) >= 11 is 0. The van der Waals surface area contributed by atoms with Crippen LogP contribution < -0.4 is 19.5 Å². The fraction of sp³-hybridized carbons (Fsp3) is 0.500. The maximum atomic E-state index is 5.67. The highest BCUT2D eigenvalue weighted by molar-refractivity contribution is 5.37. The van der Waals surface area contributed by atoms with E-state index in [9.17, 15) is 0 Å². The van der Waals surface area contributed by atoms with Gasteiger partial charge in [0.2, 0.25) is 0 Å². The molecule has 0 atom stereocenters. The van der Waals surface area contributed by atoms with Crippen LogP contribution in [0.2, 0.25) is 0 Å². The second kappa shape index (κ2) is 17.6. The van der Waals surface area contributed by atoms with E-state index in [2.05, 4.69) is 19.2 Å². The largest absolute Gasteiger partial charge is 0.497 e. The van der Waals surface area contributed by atoms with Gasteiger partial charge in [-0.2, -0.15) is 0 Å². The molecule has 0 aliphatic carbocycles. The number of hydrogen-bond donors (Lipinski definition) is 1. The molecule has 1 aliphatic heterocycles. The van der Waals surface area contributed by atoms with Gasteiger partial charge >= 0.3 is 0 Å². The molecule has 3 rings (SSSR count). The van der Waals surface area contributed by atoms with Gasteiger partial charge < -0.3 is 29.0 Å². The van der Waals surface area contributed by atoms with Crippen LogP contribution in [0.15, 0.2) is 48.5 Å². The fourth-order valence-corrected chi connectivity index (χ4v) is 2.33. The summed E-state index contributed by atoms with van der Waals surface area (Å²) in [6, 6.07) is 14.9. The van der Waals surface area contributed by atoms with E-state index in [0.29, 0.717) is 0 Å². The van der Waals surface area contributed by atoms with Gasteiger partial charge in [0.15, 0.2) is 0 Å². The lowest BCUT2D eigenvalue weighted by molar-refractivity contribution is 0.109. The normalized spacial score (nSPS) is 12.5. The van der Waals surface area contributed by atoms with E-state index < -0.39 is 0 Å². The summed E-state index contributed by atoms with van der Waals surface area (Å²) in [6.45, 7) is 9.92. The van der Waals surface area contributed by atoms with Crippen molar-refractivity contribution in [2.75, 3.05) is 53.7 Å². The van der Waals surface area contributed by atoms with Crippen molar-refractivity contribution in [2.24, 2.45) is 0 Å². The predicted molar refractivity (Wildman–Crippen MR) is 121 cm³/mol. The van der Waals surface area contributed by atoms with E-state index in [1.54, 1.807) is 14.2 Å².